The molecule has 0 radical (unpaired) electrons. The summed E-state index contributed by atoms with van der Waals surface area (Å²) < 4.78 is 10.2. The lowest BCUT2D eigenvalue weighted by molar-refractivity contribution is 0.0522. The molecule has 1 amide bonds. The summed E-state index contributed by atoms with van der Waals surface area (Å²) in [6, 6.07) is 20.1. The third-order valence-electron chi connectivity index (χ3n) is 4.29. The molecule has 5 nitrogen and oxygen atoms in total. The molecule has 0 saturated carbocycles. The first-order valence-corrected chi connectivity index (χ1v) is 9.42. The summed E-state index contributed by atoms with van der Waals surface area (Å²) >= 11 is 6.26. The van der Waals surface area contributed by atoms with Gasteiger partial charge in [0.05, 0.1) is 24.4 Å². The van der Waals surface area contributed by atoms with Crippen molar-refractivity contribution in [3.8, 4) is 16.9 Å². The molecule has 0 heterocycles. The summed E-state index contributed by atoms with van der Waals surface area (Å²) in [5.41, 5.74) is 3.11. The molecule has 29 heavy (non-hydrogen) atoms. The highest BCUT2D eigenvalue weighted by Gasteiger charge is 2.18. The van der Waals surface area contributed by atoms with E-state index in [1.165, 1.54) is 19.2 Å². The number of hydrogen-bond acceptors (Lipinski definition) is 4. The number of benzene rings is 3. The van der Waals surface area contributed by atoms with Crippen molar-refractivity contribution in [3.05, 3.63) is 82.9 Å². The van der Waals surface area contributed by atoms with Gasteiger partial charge in [0, 0.05) is 11.6 Å². The maximum absolute atomic E-state index is 12.6. The molecule has 0 fully saturated rings. The summed E-state index contributed by atoms with van der Waals surface area (Å²) in [5, 5.41) is 2.97. The number of anilines is 1. The Morgan fingerprint density at radius 1 is 0.966 bits per heavy atom. The van der Waals surface area contributed by atoms with Crippen LogP contribution in [-0.2, 0) is 4.74 Å². The molecule has 3 rings (SSSR count). The molecule has 3 aromatic carbocycles. The molecule has 3 aromatic rings. The minimum absolute atomic E-state index is 0.199. The van der Waals surface area contributed by atoms with Crippen molar-refractivity contribution in [1.29, 1.82) is 0 Å². The SMILES string of the molecule is CCOC(=O)c1cc(Cl)c(NC(=O)c2ccc(-c3ccccc3)cc2)cc1OC. The van der Waals surface area contributed by atoms with Crippen molar-refractivity contribution in [2.75, 3.05) is 19.0 Å². The van der Waals surface area contributed by atoms with E-state index >= 15 is 0 Å². The number of carbonyl (C=O) groups excluding carboxylic acids is 2. The Morgan fingerprint density at radius 2 is 1.62 bits per heavy atom. The van der Waals surface area contributed by atoms with Crippen LogP contribution in [0.4, 0.5) is 5.69 Å². The molecule has 0 saturated heterocycles. The number of ether oxygens (including phenoxy) is 2. The maximum Gasteiger partial charge on any atom is 0.341 e. The van der Waals surface area contributed by atoms with E-state index in [9.17, 15) is 9.59 Å². The fourth-order valence-electron chi connectivity index (χ4n) is 2.83. The number of halogens is 1. The average Bonchev–Trinajstić information content (AvgIpc) is 2.75. The third-order valence-corrected chi connectivity index (χ3v) is 4.60. The summed E-state index contributed by atoms with van der Waals surface area (Å²) in [4.78, 5) is 24.7. The third kappa shape index (κ3) is 4.76. The van der Waals surface area contributed by atoms with Crippen molar-refractivity contribution in [2.24, 2.45) is 0 Å². The molecular weight excluding hydrogens is 390 g/mol. The van der Waals surface area contributed by atoms with Crippen LogP contribution in [-0.4, -0.2) is 25.6 Å². The largest absolute Gasteiger partial charge is 0.496 e. The van der Waals surface area contributed by atoms with Crippen LogP contribution >= 0.6 is 11.6 Å². The number of carbonyl (C=O) groups is 2. The molecular formula is C23H20ClNO4. The minimum atomic E-state index is -0.541. The number of methoxy groups -OCH3 is 1. The van der Waals surface area contributed by atoms with Gasteiger partial charge in [-0.25, -0.2) is 4.79 Å². The van der Waals surface area contributed by atoms with Gasteiger partial charge in [0.2, 0.25) is 0 Å². The van der Waals surface area contributed by atoms with Crippen molar-refractivity contribution in [1.82, 2.24) is 0 Å². The number of rotatable bonds is 6. The standard InChI is InChI=1S/C23H20ClNO4/c1-3-29-23(27)18-13-19(24)20(14-21(18)28-2)25-22(26)17-11-9-16(10-12-17)15-7-5-4-6-8-15/h4-14H,3H2,1-2H3,(H,25,26). The zero-order chi connectivity index (χ0) is 20.8. The first-order chi connectivity index (χ1) is 14.0. The zero-order valence-electron chi connectivity index (χ0n) is 16.1. The molecule has 0 atom stereocenters. The molecule has 0 aliphatic rings. The summed E-state index contributed by atoms with van der Waals surface area (Å²) in [6.45, 7) is 1.95. The van der Waals surface area contributed by atoms with Gasteiger partial charge in [0.1, 0.15) is 11.3 Å². The molecule has 1 N–H and O–H groups in total. The first-order valence-electron chi connectivity index (χ1n) is 9.05. The van der Waals surface area contributed by atoms with Gasteiger partial charge in [-0.15, -0.1) is 0 Å². The van der Waals surface area contributed by atoms with Crippen LogP contribution < -0.4 is 10.1 Å². The van der Waals surface area contributed by atoms with Crippen molar-refractivity contribution < 1.29 is 19.1 Å². The quantitative estimate of drug-likeness (QED) is 0.550. The average molecular weight is 410 g/mol. The fourth-order valence-corrected chi connectivity index (χ4v) is 3.04. The lowest BCUT2D eigenvalue weighted by Crippen LogP contribution is -2.13. The van der Waals surface area contributed by atoms with E-state index < -0.39 is 5.97 Å². The first kappa shape index (κ1) is 20.4. The Balaban J connectivity index is 1.80. The van der Waals surface area contributed by atoms with Crippen LogP contribution in [0.2, 0.25) is 5.02 Å². The highest BCUT2D eigenvalue weighted by atomic mass is 35.5. The van der Waals surface area contributed by atoms with Gasteiger partial charge in [-0.1, -0.05) is 54.1 Å². The van der Waals surface area contributed by atoms with E-state index in [4.69, 9.17) is 21.1 Å². The summed E-state index contributed by atoms with van der Waals surface area (Å²) in [6.07, 6.45) is 0. The lowest BCUT2D eigenvalue weighted by Gasteiger charge is -2.13. The van der Waals surface area contributed by atoms with Crippen LogP contribution in [0.3, 0.4) is 0 Å². The molecule has 0 bridgehead atoms. The highest BCUT2D eigenvalue weighted by Crippen LogP contribution is 2.32. The molecule has 0 aliphatic carbocycles. The summed E-state index contributed by atoms with van der Waals surface area (Å²) in [7, 11) is 1.43. The van der Waals surface area contributed by atoms with Crippen molar-refractivity contribution in [2.45, 2.75) is 6.92 Å². The van der Waals surface area contributed by atoms with Crippen molar-refractivity contribution >= 4 is 29.2 Å². The summed E-state index contributed by atoms with van der Waals surface area (Å²) in [5.74, 6) is -0.597. The van der Waals surface area contributed by atoms with Gasteiger partial charge in [0.25, 0.3) is 5.91 Å². The maximum atomic E-state index is 12.6. The second-order valence-electron chi connectivity index (χ2n) is 6.15. The smallest absolute Gasteiger partial charge is 0.341 e. The van der Waals surface area contributed by atoms with Crippen LogP contribution in [0.15, 0.2) is 66.7 Å². The van der Waals surface area contributed by atoms with Crippen LogP contribution in [0.25, 0.3) is 11.1 Å². The molecule has 0 unspecified atom stereocenters. The highest BCUT2D eigenvalue weighted by molar-refractivity contribution is 6.34. The normalized spacial score (nSPS) is 10.3. The minimum Gasteiger partial charge on any atom is -0.496 e. The predicted octanol–water partition coefficient (Wildman–Crippen LogP) is 5.44. The van der Waals surface area contributed by atoms with Gasteiger partial charge in [0.15, 0.2) is 0 Å². The molecule has 6 heteroatoms. The topological polar surface area (TPSA) is 64.6 Å². The molecule has 0 aromatic heterocycles. The van der Waals surface area contributed by atoms with Crippen LogP contribution in [0.5, 0.6) is 5.75 Å². The van der Waals surface area contributed by atoms with Crippen LogP contribution in [0.1, 0.15) is 27.6 Å². The molecule has 148 valence electrons. The Bertz CT molecular complexity index is 1020. The second-order valence-corrected chi connectivity index (χ2v) is 6.56. The lowest BCUT2D eigenvalue weighted by atomic mass is 10.0. The number of amides is 1. The fraction of sp³-hybridized carbons (Fsp3) is 0.130. The van der Waals surface area contributed by atoms with Gasteiger partial charge >= 0.3 is 5.97 Å². The Labute approximate surface area is 174 Å². The van der Waals surface area contributed by atoms with Crippen LogP contribution in [0, 0.1) is 0 Å². The number of esters is 1. The van der Waals surface area contributed by atoms with E-state index in [-0.39, 0.29) is 28.8 Å². The Morgan fingerprint density at radius 3 is 2.24 bits per heavy atom. The van der Waals surface area contributed by atoms with E-state index in [1.54, 1.807) is 19.1 Å². The predicted molar refractivity (Wildman–Crippen MR) is 114 cm³/mol. The van der Waals surface area contributed by atoms with Gasteiger partial charge in [-0.2, -0.15) is 0 Å². The van der Waals surface area contributed by atoms with Crippen molar-refractivity contribution in [3.63, 3.8) is 0 Å². The Hall–Kier alpha value is -3.31. The van der Waals surface area contributed by atoms with Gasteiger partial charge in [-0.05, 0) is 36.2 Å². The van der Waals surface area contributed by atoms with Gasteiger partial charge < -0.3 is 14.8 Å². The number of nitrogens with one attached hydrogen (secondary N) is 1. The monoisotopic (exact) mass is 409 g/mol. The Kier molecular flexibility index (Phi) is 6.52. The van der Waals surface area contributed by atoms with E-state index in [0.717, 1.165) is 11.1 Å². The molecule has 0 spiro atoms. The van der Waals surface area contributed by atoms with E-state index in [0.29, 0.717) is 11.3 Å². The van der Waals surface area contributed by atoms with Gasteiger partial charge in [-0.3, -0.25) is 4.79 Å². The zero-order valence-corrected chi connectivity index (χ0v) is 16.8. The van der Waals surface area contributed by atoms with E-state index in [2.05, 4.69) is 5.32 Å². The second kappa shape index (κ2) is 9.26. The van der Waals surface area contributed by atoms with E-state index in [1.807, 2.05) is 42.5 Å². The number of hydrogen-bond donors (Lipinski definition) is 1. The molecule has 0 aliphatic heterocycles.